The number of nitrogens with one attached hydrogen (secondary N) is 2. The van der Waals surface area contributed by atoms with Crippen molar-refractivity contribution in [1.82, 2.24) is 39.9 Å². The van der Waals surface area contributed by atoms with E-state index in [9.17, 15) is 20.4 Å². The van der Waals surface area contributed by atoms with Gasteiger partial charge >= 0.3 is 0 Å². The number of H-pyrrole nitrogens is 2. The van der Waals surface area contributed by atoms with E-state index in [1.807, 2.05) is 72.8 Å². The molecule has 3 aromatic heterocycles. The number of phenols is 4. The third-order valence-corrected chi connectivity index (χ3v) is 12.1. The molecule has 0 amide bonds. The molecule has 0 fully saturated rings. The SMILES string of the molecule is Oc1ccccc1Oc1c(Oc2ccccc2O)c(Oc2ccccc2O)c2c3nc4nc(nc5[nH]c(nc6nc(nc([nH]3)c2c1Oc1ccccc1O)-c1ccccc1-6)c1ccccc51)-c1ccccc1-4. The van der Waals surface area contributed by atoms with Crippen molar-refractivity contribution in [2.24, 2.45) is 0 Å². The molecule has 2 aliphatic heterocycles. The Morgan fingerprint density at radius 3 is 0.875 bits per heavy atom. The Balaban J connectivity index is 1.26. The Hall–Kier alpha value is -10.5. The number of hydrogen-bond donors (Lipinski definition) is 6. The molecular weight excluding hydrogens is 913 g/mol. The number of phenolic OH excluding ortho intramolecular Hbond substituents is 4. The van der Waals surface area contributed by atoms with Crippen LogP contribution in [0, 0.1) is 0 Å². The van der Waals surface area contributed by atoms with Crippen LogP contribution in [-0.2, 0) is 0 Å². The third kappa shape index (κ3) is 7.01. The fourth-order valence-corrected chi connectivity index (χ4v) is 8.78. The fourth-order valence-electron chi connectivity index (χ4n) is 8.78. The van der Waals surface area contributed by atoms with Gasteiger partial charge in [-0.1, -0.05) is 121 Å². The van der Waals surface area contributed by atoms with Crippen LogP contribution in [0.1, 0.15) is 0 Å². The number of fused-ring (bicyclic) bond motifs is 20. The molecule has 2 aliphatic rings. The van der Waals surface area contributed by atoms with Crippen LogP contribution in [0.4, 0.5) is 0 Å². The van der Waals surface area contributed by atoms with Gasteiger partial charge in [-0.2, -0.15) is 0 Å². The Morgan fingerprint density at radius 2 is 0.542 bits per heavy atom. The van der Waals surface area contributed by atoms with Crippen LogP contribution < -0.4 is 18.9 Å². The van der Waals surface area contributed by atoms with Gasteiger partial charge in [0.15, 0.2) is 80.8 Å². The molecule has 5 heterocycles. The molecule has 8 bridgehead atoms. The van der Waals surface area contributed by atoms with Gasteiger partial charge in [-0.3, -0.25) is 0 Å². The molecule has 11 aromatic rings. The molecule has 0 saturated heterocycles. The van der Waals surface area contributed by atoms with Gasteiger partial charge in [-0.05, 0) is 48.5 Å². The molecular formula is C56H34N8O8. The van der Waals surface area contributed by atoms with Crippen LogP contribution in [0.5, 0.6) is 69.0 Å². The van der Waals surface area contributed by atoms with Crippen LogP contribution in [0.3, 0.4) is 0 Å². The second-order valence-corrected chi connectivity index (χ2v) is 16.6. The Morgan fingerprint density at radius 1 is 0.278 bits per heavy atom. The number of ether oxygens (including phenoxy) is 4. The number of hydrogen-bond acceptors (Lipinski definition) is 14. The fraction of sp³-hybridized carbons (Fsp3) is 0. The molecule has 16 nitrogen and oxygen atoms in total. The maximum Gasteiger partial charge on any atom is 0.217 e. The lowest BCUT2D eigenvalue weighted by atomic mass is 10.1. The van der Waals surface area contributed by atoms with Gasteiger partial charge in [0.1, 0.15) is 22.6 Å². The van der Waals surface area contributed by atoms with E-state index in [1.54, 1.807) is 60.7 Å². The summed E-state index contributed by atoms with van der Waals surface area (Å²) in [6.45, 7) is 0. The van der Waals surface area contributed by atoms with Crippen molar-refractivity contribution in [1.29, 1.82) is 0 Å². The summed E-state index contributed by atoms with van der Waals surface area (Å²) in [4.78, 5) is 37.8. The standard InChI is InChI=1S/C56H34N8O8/c65-35-21-7-11-25-39(35)69-45-43-44(46(70-40-26-12-8-22-36(40)66)48(72-42-28-14-10-24-38(42)68)47(45)71-41-27-13-9-23-37(41)67)56-63-54-34-20-6-4-18-32(34)52(61-54)59-50-30-16-2-1-15-29(30)49(57-50)58-51-31-17-3-5-19-33(31)53(60-51)62-55(43)64-56/h1-28,65-68H,(H2,57,58,59,60,61,62,63,64). The zero-order chi connectivity index (χ0) is 48.5. The van der Waals surface area contributed by atoms with E-state index >= 15 is 0 Å². The molecule has 8 aromatic carbocycles. The maximum atomic E-state index is 11.4. The minimum absolute atomic E-state index is 0.0156. The molecule has 16 heteroatoms. The van der Waals surface area contributed by atoms with Gasteiger partial charge in [-0.25, -0.2) is 29.9 Å². The number of benzene rings is 8. The minimum atomic E-state index is -0.254. The largest absolute Gasteiger partial charge is 0.504 e. The van der Waals surface area contributed by atoms with Crippen LogP contribution in [-0.4, -0.2) is 60.3 Å². The molecule has 0 saturated carbocycles. The predicted octanol–water partition coefficient (Wildman–Crippen LogP) is 12.9. The van der Waals surface area contributed by atoms with Crippen LogP contribution >= 0.6 is 0 Å². The van der Waals surface area contributed by atoms with Crippen molar-refractivity contribution >= 4 is 44.1 Å². The van der Waals surface area contributed by atoms with E-state index in [-0.39, 0.29) is 103 Å². The highest BCUT2D eigenvalue weighted by Crippen LogP contribution is 2.59. The van der Waals surface area contributed by atoms with Gasteiger partial charge in [0.05, 0.1) is 10.8 Å². The molecule has 0 radical (unpaired) electrons. The monoisotopic (exact) mass is 946 g/mol. The third-order valence-electron chi connectivity index (χ3n) is 12.1. The highest BCUT2D eigenvalue weighted by Gasteiger charge is 2.34. The summed E-state index contributed by atoms with van der Waals surface area (Å²) in [6.07, 6.45) is 0. The van der Waals surface area contributed by atoms with Gasteiger partial charge in [0, 0.05) is 33.0 Å². The lowest BCUT2D eigenvalue weighted by Crippen LogP contribution is -2.00. The molecule has 0 unspecified atom stereocenters. The highest BCUT2D eigenvalue weighted by molar-refractivity contribution is 6.15. The van der Waals surface area contributed by atoms with Crippen LogP contribution in [0.25, 0.3) is 89.7 Å². The van der Waals surface area contributed by atoms with E-state index < -0.39 is 0 Å². The average molecular weight is 947 g/mol. The summed E-state index contributed by atoms with van der Waals surface area (Å²) < 4.78 is 27.1. The van der Waals surface area contributed by atoms with Crippen molar-refractivity contribution in [3.8, 4) is 115 Å². The first-order chi connectivity index (χ1) is 35.3. The molecule has 13 rings (SSSR count). The number of aromatic nitrogens is 8. The number of nitrogens with zero attached hydrogens (tertiary/aromatic N) is 6. The van der Waals surface area contributed by atoms with E-state index in [1.165, 1.54) is 36.4 Å². The van der Waals surface area contributed by atoms with Crippen LogP contribution in [0.15, 0.2) is 170 Å². The van der Waals surface area contributed by atoms with Crippen molar-refractivity contribution in [2.75, 3.05) is 0 Å². The summed E-state index contributed by atoms with van der Waals surface area (Å²) in [5.41, 5.74) is 3.93. The van der Waals surface area contributed by atoms with E-state index in [0.29, 0.717) is 45.2 Å². The smallest absolute Gasteiger partial charge is 0.217 e. The van der Waals surface area contributed by atoms with E-state index in [2.05, 4.69) is 9.97 Å². The average Bonchev–Trinajstić information content (AvgIpc) is 4.14. The first-order valence-corrected chi connectivity index (χ1v) is 22.5. The van der Waals surface area contributed by atoms with Gasteiger partial charge < -0.3 is 49.3 Å². The number of para-hydroxylation sites is 8. The Bertz CT molecular complexity index is 3950. The minimum Gasteiger partial charge on any atom is -0.504 e. The Kier molecular flexibility index (Phi) is 9.63. The number of rotatable bonds is 8. The van der Waals surface area contributed by atoms with E-state index in [0.717, 1.165) is 10.8 Å². The molecule has 72 heavy (non-hydrogen) atoms. The second-order valence-electron chi connectivity index (χ2n) is 16.6. The number of aromatic hydroxyl groups is 4. The summed E-state index contributed by atoms with van der Waals surface area (Å²) in [6, 6.07) is 48.1. The summed E-state index contributed by atoms with van der Waals surface area (Å²) >= 11 is 0. The van der Waals surface area contributed by atoms with Gasteiger partial charge in [0.25, 0.3) is 0 Å². The highest BCUT2D eigenvalue weighted by atomic mass is 16.6. The normalized spacial score (nSPS) is 11.6. The van der Waals surface area contributed by atoms with Crippen molar-refractivity contribution < 1.29 is 39.4 Å². The topological polar surface area (TPSA) is 227 Å². The Labute approximate surface area is 406 Å². The van der Waals surface area contributed by atoms with E-state index in [4.69, 9.17) is 48.9 Å². The van der Waals surface area contributed by atoms with Gasteiger partial charge in [-0.15, -0.1) is 0 Å². The summed E-state index contributed by atoms with van der Waals surface area (Å²) in [5.74, 6) is -0.563. The maximum absolute atomic E-state index is 11.4. The molecule has 0 atom stereocenters. The molecule has 0 spiro atoms. The van der Waals surface area contributed by atoms with Crippen LogP contribution in [0.2, 0.25) is 0 Å². The molecule has 346 valence electrons. The first kappa shape index (κ1) is 41.7. The van der Waals surface area contributed by atoms with Crippen molar-refractivity contribution in [3.63, 3.8) is 0 Å². The summed E-state index contributed by atoms with van der Waals surface area (Å²) in [5, 5.41) is 47.3. The van der Waals surface area contributed by atoms with Crippen molar-refractivity contribution in [3.05, 3.63) is 170 Å². The first-order valence-electron chi connectivity index (χ1n) is 22.5. The lowest BCUT2D eigenvalue weighted by molar-refractivity contribution is 0.342. The predicted molar refractivity (Wildman–Crippen MR) is 269 cm³/mol. The number of aromatic amines is 2. The molecule has 0 aliphatic carbocycles. The zero-order valence-corrected chi connectivity index (χ0v) is 37.3. The molecule has 6 N–H and O–H groups in total. The quantitative estimate of drug-likeness (QED) is 0.0833. The van der Waals surface area contributed by atoms with Crippen molar-refractivity contribution in [2.45, 2.75) is 0 Å². The lowest BCUT2D eigenvalue weighted by Gasteiger charge is -2.22. The summed E-state index contributed by atoms with van der Waals surface area (Å²) in [7, 11) is 0. The zero-order valence-electron chi connectivity index (χ0n) is 37.3. The second kappa shape index (κ2) is 16.6. The van der Waals surface area contributed by atoms with Gasteiger partial charge in [0.2, 0.25) is 11.5 Å².